The maximum Gasteiger partial charge on any atom is 0.256 e. The number of methoxy groups -OCH3 is 2. The van der Waals surface area contributed by atoms with Crippen molar-refractivity contribution in [3.63, 3.8) is 0 Å². The van der Waals surface area contributed by atoms with Crippen molar-refractivity contribution < 1.29 is 18.4 Å². The second-order valence-electron chi connectivity index (χ2n) is 7.60. The van der Waals surface area contributed by atoms with E-state index in [1.165, 1.54) is 0 Å². The summed E-state index contributed by atoms with van der Waals surface area (Å²) in [5.41, 5.74) is 1.02. The lowest BCUT2D eigenvalue weighted by Gasteiger charge is -2.27. The number of hydrogen-bond acceptors (Lipinski definition) is 5. The van der Waals surface area contributed by atoms with E-state index in [1.807, 2.05) is 26.8 Å². The van der Waals surface area contributed by atoms with Crippen molar-refractivity contribution >= 4 is 11.0 Å². The lowest BCUT2D eigenvalue weighted by Crippen LogP contribution is -2.43. The Morgan fingerprint density at radius 2 is 1.92 bits per heavy atom. The maximum atomic E-state index is 12.5. The van der Waals surface area contributed by atoms with E-state index in [0.717, 1.165) is 12.0 Å². The van der Waals surface area contributed by atoms with Crippen molar-refractivity contribution in [2.24, 2.45) is 5.92 Å². The molecule has 0 saturated carbocycles. The Labute approximate surface area is 160 Å². The highest BCUT2D eigenvalue weighted by atomic mass is 32.2. The second kappa shape index (κ2) is 10.8. The topological polar surface area (TPSA) is 69.7 Å². The summed E-state index contributed by atoms with van der Waals surface area (Å²) in [6.45, 7) is 11.3. The molecule has 1 heterocycles. The first-order valence-corrected chi connectivity index (χ1v) is 10.2. The van der Waals surface area contributed by atoms with Gasteiger partial charge >= 0.3 is 0 Å². The van der Waals surface area contributed by atoms with Crippen molar-refractivity contribution in [3.05, 3.63) is 17.8 Å². The Bertz CT molecular complexity index is 573. The fraction of sp³-hybridized carbons (Fsp3) is 0.737. The summed E-state index contributed by atoms with van der Waals surface area (Å²) in [7, 11) is 2.13. The molecule has 26 heavy (non-hydrogen) atoms. The highest BCUT2D eigenvalue weighted by Gasteiger charge is 2.25. The largest absolute Gasteiger partial charge is 0.488 e. The van der Waals surface area contributed by atoms with Gasteiger partial charge in [-0.1, -0.05) is 13.8 Å². The van der Waals surface area contributed by atoms with Crippen molar-refractivity contribution in [1.29, 1.82) is 0 Å². The maximum absolute atomic E-state index is 12.5. The number of hydrogen-bond donors (Lipinski definition) is 1. The summed E-state index contributed by atoms with van der Waals surface area (Å²) in [5.74, 6) is 1.42. The van der Waals surface area contributed by atoms with E-state index in [4.69, 9.17) is 14.2 Å². The van der Waals surface area contributed by atoms with Gasteiger partial charge in [0.2, 0.25) is 0 Å². The van der Waals surface area contributed by atoms with E-state index in [1.54, 1.807) is 20.4 Å². The lowest BCUT2D eigenvalue weighted by atomic mass is 9.98. The SMILES string of the molecule is COCCCOc1cc(C[C@H](N[S@@](=O)C(C)(C)C)C(C)C)cnc1OC. The number of nitrogens with one attached hydrogen (secondary N) is 1. The average molecular weight is 387 g/mol. The summed E-state index contributed by atoms with van der Waals surface area (Å²) >= 11 is 0. The minimum absolute atomic E-state index is 0.0756. The number of aromatic nitrogens is 1. The van der Waals surface area contributed by atoms with E-state index >= 15 is 0 Å². The Morgan fingerprint density at radius 3 is 2.46 bits per heavy atom. The van der Waals surface area contributed by atoms with Crippen LogP contribution in [-0.2, 0) is 22.1 Å². The summed E-state index contributed by atoms with van der Waals surface area (Å²) < 4.78 is 31.6. The summed E-state index contributed by atoms with van der Waals surface area (Å²) in [5, 5.41) is 0. The molecule has 1 rings (SSSR count). The number of ether oxygens (including phenoxy) is 3. The lowest BCUT2D eigenvalue weighted by molar-refractivity contribution is 0.170. The molecule has 0 radical (unpaired) electrons. The van der Waals surface area contributed by atoms with Gasteiger partial charge in [0.1, 0.15) is 0 Å². The van der Waals surface area contributed by atoms with Crippen molar-refractivity contribution in [2.75, 3.05) is 27.4 Å². The molecule has 1 N–H and O–H groups in total. The highest BCUT2D eigenvalue weighted by Crippen LogP contribution is 2.26. The first kappa shape index (κ1) is 22.9. The minimum Gasteiger partial charge on any atom is -0.488 e. The van der Waals surface area contributed by atoms with Crippen LogP contribution in [0, 0.1) is 5.92 Å². The zero-order valence-electron chi connectivity index (χ0n) is 17.1. The molecule has 0 aliphatic carbocycles. The molecule has 0 spiro atoms. The Hall–Kier alpha value is -1.18. The van der Waals surface area contributed by atoms with Gasteiger partial charge in [-0.05, 0) is 44.7 Å². The minimum atomic E-state index is -1.12. The quantitative estimate of drug-likeness (QED) is 0.592. The fourth-order valence-corrected chi connectivity index (χ4v) is 3.19. The van der Waals surface area contributed by atoms with Crippen molar-refractivity contribution in [3.8, 4) is 11.6 Å². The second-order valence-corrected chi connectivity index (χ2v) is 9.60. The molecular formula is C19H34N2O4S. The van der Waals surface area contributed by atoms with Gasteiger partial charge in [0.05, 0.1) is 29.4 Å². The first-order chi connectivity index (χ1) is 12.2. The molecule has 2 atom stereocenters. The van der Waals surface area contributed by atoms with Crippen LogP contribution >= 0.6 is 0 Å². The molecule has 0 saturated heterocycles. The van der Waals surface area contributed by atoms with E-state index in [2.05, 4.69) is 23.6 Å². The van der Waals surface area contributed by atoms with Crippen LogP contribution in [-0.4, -0.2) is 47.4 Å². The van der Waals surface area contributed by atoms with Gasteiger partial charge in [0, 0.05) is 32.4 Å². The molecule has 6 nitrogen and oxygen atoms in total. The van der Waals surface area contributed by atoms with Gasteiger partial charge in [0.25, 0.3) is 5.88 Å². The standard InChI is InChI=1S/C19H34N2O4S/c1-14(2)16(21-26(22)19(3,4)5)11-15-12-17(18(24-7)20-13-15)25-10-8-9-23-6/h12-14,16,21H,8-11H2,1-7H3/t16-,26-/m0/s1. The van der Waals surface area contributed by atoms with E-state index < -0.39 is 11.0 Å². The van der Waals surface area contributed by atoms with Gasteiger partial charge < -0.3 is 14.2 Å². The smallest absolute Gasteiger partial charge is 0.256 e. The van der Waals surface area contributed by atoms with Crippen LogP contribution in [0.1, 0.15) is 46.6 Å². The molecule has 7 heteroatoms. The summed E-state index contributed by atoms with van der Waals surface area (Å²) in [4.78, 5) is 4.35. The van der Waals surface area contributed by atoms with Gasteiger partial charge in [-0.3, -0.25) is 0 Å². The van der Waals surface area contributed by atoms with Crippen LogP contribution in [0.4, 0.5) is 0 Å². The van der Waals surface area contributed by atoms with Gasteiger partial charge in [0.15, 0.2) is 5.75 Å². The van der Waals surface area contributed by atoms with Crippen LogP contribution < -0.4 is 14.2 Å². The average Bonchev–Trinajstić information content (AvgIpc) is 2.57. The molecule has 0 unspecified atom stereocenters. The van der Waals surface area contributed by atoms with Crippen LogP contribution in [0.5, 0.6) is 11.6 Å². The molecule has 0 amide bonds. The Morgan fingerprint density at radius 1 is 1.23 bits per heavy atom. The number of nitrogens with zero attached hydrogens (tertiary/aromatic N) is 1. The van der Waals surface area contributed by atoms with Crippen molar-refractivity contribution in [2.45, 2.75) is 58.2 Å². The predicted octanol–water partition coefficient (Wildman–Crippen LogP) is 3.12. The first-order valence-electron chi connectivity index (χ1n) is 9.01. The van der Waals surface area contributed by atoms with Crippen LogP contribution in [0.3, 0.4) is 0 Å². The van der Waals surface area contributed by atoms with Gasteiger partial charge in [-0.15, -0.1) is 0 Å². The molecule has 0 bridgehead atoms. The van der Waals surface area contributed by atoms with Crippen LogP contribution in [0.25, 0.3) is 0 Å². The highest BCUT2D eigenvalue weighted by molar-refractivity contribution is 7.84. The van der Waals surface area contributed by atoms with E-state index in [0.29, 0.717) is 37.2 Å². The molecule has 0 aliphatic heterocycles. The zero-order chi connectivity index (χ0) is 19.7. The monoisotopic (exact) mass is 386 g/mol. The Kier molecular flexibility index (Phi) is 9.54. The molecule has 0 aliphatic rings. The molecule has 0 fully saturated rings. The van der Waals surface area contributed by atoms with Crippen molar-refractivity contribution in [1.82, 2.24) is 9.71 Å². The molecule has 1 aromatic rings. The summed E-state index contributed by atoms with van der Waals surface area (Å²) in [6, 6.07) is 2.03. The third-order valence-electron chi connectivity index (χ3n) is 3.89. The molecule has 150 valence electrons. The van der Waals surface area contributed by atoms with E-state index in [-0.39, 0.29) is 10.8 Å². The van der Waals surface area contributed by atoms with Crippen LogP contribution in [0.2, 0.25) is 0 Å². The predicted molar refractivity (Wildman–Crippen MR) is 106 cm³/mol. The fourth-order valence-electron chi connectivity index (χ4n) is 2.21. The third-order valence-corrected chi connectivity index (χ3v) is 5.52. The van der Waals surface area contributed by atoms with Gasteiger partial charge in [-0.2, -0.15) is 0 Å². The molecular weight excluding hydrogens is 352 g/mol. The summed E-state index contributed by atoms with van der Waals surface area (Å²) in [6.07, 6.45) is 3.30. The normalized spacial score (nSPS) is 14.3. The third kappa shape index (κ3) is 7.60. The molecule has 1 aromatic heterocycles. The number of rotatable bonds is 11. The Balaban J connectivity index is 2.86. The van der Waals surface area contributed by atoms with Crippen LogP contribution in [0.15, 0.2) is 12.3 Å². The van der Waals surface area contributed by atoms with E-state index in [9.17, 15) is 4.21 Å². The number of pyridine rings is 1. The zero-order valence-corrected chi connectivity index (χ0v) is 17.9. The molecule has 0 aromatic carbocycles. The van der Waals surface area contributed by atoms with Gasteiger partial charge in [-0.25, -0.2) is 13.9 Å².